The van der Waals surface area contributed by atoms with Crippen molar-refractivity contribution in [3.8, 4) is 0 Å². The molecule has 7 N–H and O–H groups in total. The lowest BCUT2D eigenvalue weighted by Gasteiger charge is -2.25. The van der Waals surface area contributed by atoms with Crippen molar-refractivity contribution < 1.29 is 24.3 Å². The summed E-state index contributed by atoms with van der Waals surface area (Å²) in [5, 5.41) is 18.2. The Morgan fingerprint density at radius 1 is 0.714 bits per heavy atom. The van der Waals surface area contributed by atoms with Crippen molar-refractivity contribution >= 4 is 57.9 Å². The van der Waals surface area contributed by atoms with E-state index in [1.165, 1.54) is 0 Å². The summed E-state index contributed by atoms with van der Waals surface area (Å²) in [4.78, 5) is 50.0. The Morgan fingerprint density at radius 3 is 1.69 bits per heavy atom. The molecule has 0 radical (unpaired) electrons. The molecule has 0 aromatic heterocycles. The van der Waals surface area contributed by atoms with Crippen LogP contribution in [0.5, 0.6) is 0 Å². The van der Waals surface area contributed by atoms with Crippen molar-refractivity contribution in [3.63, 3.8) is 0 Å². The number of fused-ring (bicyclic) bond motifs is 2. The number of thiol groups is 1. The summed E-state index contributed by atoms with van der Waals surface area (Å²) in [5.74, 6) is -3.02. The van der Waals surface area contributed by atoms with E-state index < -0.39 is 47.1 Å². The molecule has 0 spiro atoms. The van der Waals surface area contributed by atoms with Crippen molar-refractivity contribution in [2.24, 2.45) is 11.5 Å². The molecule has 0 saturated heterocycles. The molecule has 0 bridgehead atoms. The number of aliphatic carboxylic acids is 1. The second-order valence-corrected chi connectivity index (χ2v) is 10.9. The van der Waals surface area contributed by atoms with Crippen LogP contribution in [-0.4, -0.2) is 52.2 Å². The average Bonchev–Trinajstić information content (AvgIpc) is 2.98. The third-order valence-corrected chi connectivity index (χ3v) is 7.77. The molecule has 0 fully saturated rings. The van der Waals surface area contributed by atoms with Crippen LogP contribution in [0.4, 0.5) is 0 Å². The molecule has 10 heteroatoms. The predicted octanol–water partition coefficient (Wildman–Crippen LogP) is 2.72. The number of nitrogens with one attached hydrogen (secondary N) is 2. The zero-order valence-corrected chi connectivity index (χ0v) is 23.8. The smallest absolute Gasteiger partial charge is 0.326 e. The quantitative estimate of drug-likeness (QED) is 0.132. The van der Waals surface area contributed by atoms with Gasteiger partial charge in [-0.2, -0.15) is 12.6 Å². The summed E-state index contributed by atoms with van der Waals surface area (Å²) in [5.41, 5.74) is 12.8. The van der Waals surface area contributed by atoms with Crippen LogP contribution in [0.15, 0.2) is 84.9 Å². The van der Waals surface area contributed by atoms with Crippen LogP contribution >= 0.6 is 12.6 Å². The zero-order valence-electron chi connectivity index (χ0n) is 22.9. The number of benzene rings is 4. The first-order chi connectivity index (χ1) is 20.1. The summed E-state index contributed by atoms with van der Waals surface area (Å²) in [6, 6.07) is 23.6. The standard InChI is InChI=1S/C32H34N4O5S/c33-25(13-14-28(34)37)29(42)31(39)35-26(17-19-9-11-21-5-1-3-7-23(21)15-19)30(38)36-27(32(40)41)18-20-10-12-22-6-2-4-8-24(22)16-20/h1-12,15-16,25-27,29,42H,13-14,17-18,33H2,(H2,34,37)(H,35,39)(H,36,38)(H,40,41). The van der Waals surface area contributed by atoms with Crippen LogP contribution in [0, 0.1) is 0 Å². The molecule has 3 amide bonds. The van der Waals surface area contributed by atoms with Gasteiger partial charge in [-0.15, -0.1) is 0 Å². The van der Waals surface area contributed by atoms with Crippen LogP contribution in [0.3, 0.4) is 0 Å². The number of hydrogen-bond acceptors (Lipinski definition) is 6. The molecule has 42 heavy (non-hydrogen) atoms. The van der Waals surface area contributed by atoms with Gasteiger partial charge in [0.25, 0.3) is 0 Å². The first kappa shape index (κ1) is 30.5. The molecule has 9 nitrogen and oxygen atoms in total. The molecular formula is C32H34N4O5S. The van der Waals surface area contributed by atoms with Crippen LogP contribution < -0.4 is 22.1 Å². The second kappa shape index (κ2) is 14.0. The Hall–Kier alpha value is -4.41. The van der Waals surface area contributed by atoms with Gasteiger partial charge >= 0.3 is 5.97 Å². The summed E-state index contributed by atoms with van der Waals surface area (Å²) in [7, 11) is 0. The highest BCUT2D eigenvalue weighted by Gasteiger charge is 2.30. The van der Waals surface area contributed by atoms with E-state index >= 15 is 0 Å². The van der Waals surface area contributed by atoms with Crippen molar-refractivity contribution in [1.82, 2.24) is 10.6 Å². The Kier molecular flexibility index (Phi) is 10.2. The minimum atomic E-state index is -1.24. The van der Waals surface area contributed by atoms with E-state index in [2.05, 4.69) is 23.3 Å². The molecule has 4 atom stereocenters. The molecule has 218 valence electrons. The fourth-order valence-corrected chi connectivity index (χ4v) is 5.03. The number of primary amides is 1. The van der Waals surface area contributed by atoms with E-state index in [1.54, 1.807) is 0 Å². The van der Waals surface area contributed by atoms with Crippen LogP contribution in [0.2, 0.25) is 0 Å². The number of carboxylic acids is 1. The maximum absolute atomic E-state index is 13.6. The van der Waals surface area contributed by atoms with Gasteiger partial charge in [0.1, 0.15) is 12.1 Å². The molecule has 4 rings (SSSR count). The predicted molar refractivity (Wildman–Crippen MR) is 166 cm³/mol. The molecular weight excluding hydrogens is 552 g/mol. The number of carbonyl (C=O) groups is 4. The van der Waals surface area contributed by atoms with Crippen LogP contribution in [0.1, 0.15) is 24.0 Å². The third-order valence-electron chi connectivity index (χ3n) is 7.15. The van der Waals surface area contributed by atoms with Gasteiger partial charge < -0.3 is 27.2 Å². The van der Waals surface area contributed by atoms with E-state index in [0.29, 0.717) is 0 Å². The minimum absolute atomic E-state index is 0.0123. The van der Waals surface area contributed by atoms with Crippen LogP contribution in [-0.2, 0) is 32.0 Å². The molecule has 4 aromatic rings. The van der Waals surface area contributed by atoms with E-state index in [0.717, 1.165) is 32.7 Å². The highest BCUT2D eigenvalue weighted by Crippen LogP contribution is 2.19. The molecule has 4 unspecified atom stereocenters. The zero-order chi connectivity index (χ0) is 30.2. The summed E-state index contributed by atoms with van der Waals surface area (Å²) in [6.45, 7) is 0. The van der Waals surface area contributed by atoms with Gasteiger partial charge in [0.05, 0.1) is 5.25 Å². The first-order valence-electron chi connectivity index (χ1n) is 13.6. The van der Waals surface area contributed by atoms with E-state index in [9.17, 15) is 24.3 Å². The Labute approximate surface area is 249 Å². The maximum atomic E-state index is 13.6. The minimum Gasteiger partial charge on any atom is -0.480 e. The summed E-state index contributed by atoms with van der Waals surface area (Å²) < 4.78 is 0. The van der Waals surface area contributed by atoms with Gasteiger partial charge in [-0.1, -0.05) is 84.9 Å². The lowest BCUT2D eigenvalue weighted by molar-refractivity contribution is -0.142. The van der Waals surface area contributed by atoms with Crippen molar-refractivity contribution in [3.05, 3.63) is 96.1 Å². The van der Waals surface area contributed by atoms with E-state index in [-0.39, 0.29) is 25.7 Å². The van der Waals surface area contributed by atoms with Gasteiger partial charge in [-0.05, 0) is 39.1 Å². The first-order valence-corrected chi connectivity index (χ1v) is 14.1. The second-order valence-electron chi connectivity index (χ2n) is 10.3. The van der Waals surface area contributed by atoms with Gasteiger partial charge in [0.15, 0.2) is 0 Å². The summed E-state index contributed by atoms with van der Waals surface area (Å²) in [6.07, 6.45) is 0.282. The Morgan fingerprint density at radius 2 is 1.19 bits per heavy atom. The maximum Gasteiger partial charge on any atom is 0.326 e. The van der Waals surface area contributed by atoms with Crippen LogP contribution in [0.25, 0.3) is 21.5 Å². The average molecular weight is 587 g/mol. The number of nitrogens with two attached hydrogens (primary N) is 2. The van der Waals surface area contributed by atoms with Gasteiger partial charge in [-0.25, -0.2) is 4.79 Å². The fraction of sp³-hybridized carbons (Fsp3) is 0.250. The molecule has 0 heterocycles. The molecule has 0 aliphatic heterocycles. The van der Waals surface area contributed by atoms with Crippen molar-refractivity contribution in [2.45, 2.75) is 49.1 Å². The lowest BCUT2D eigenvalue weighted by atomic mass is 9.99. The van der Waals surface area contributed by atoms with Gasteiger partial charge in [0, 0.05) is 25.3 Å². The normalized spacial score (nSPS) is 14.0. The molecule has 0 aliphatic rings. The van der Waals surface area contributed by atoms with Crippen molar-refractivity contribution in [1.29, 1.82) is 0 Å². The fourth-order valence-electron chi connectivity index (χ4n) is 4.80. The number of hydrogen-bond donors (Lipinski definition) is 6. The number of carbonyl (C=O) groups excluding carboxylic acids is 3. The summed E-state index contributed by atoms with van der Waals surface area (Å²) >= 11 is 4.32. The molecule has 4 aromatic carbocycles. The Bertz CT molecular complexity index is 1610. The number of rotatable bonds is 13. The number of amides is 3. The number of carboxylic acid groups (broad SMARTS) is 1. The SMILES string of the molecule is NC(=O)CCC(N)C(S)C(=O)NC(Cc1ccc2ccccc2c1)C(=O)NC(Cc1ccc2ccccc2c1)C(=O)O. The van der Waals surface area contributed by atoms with E-state index in [1.807, 2.05) is 84.9 Å². The Balaban J connectivity index is 1.54. The van der Waals surface area contributed by atoms with E-state index in [4.69, 9.17) is 11.5 Å². The molecule has 0 saturated carbocycles. The van der Waals surface area contributed by atoms with Crippen molar-refractivity contribution in [2.75, 3.05) is 0 Å². The third kappa shape index (κ3) is 8.08. The molecule has 0 aliphatic carbocycles. The van der Waals surface area contributed by atoms with Gasteiger partial charge in [-0.3, -0.25) is 14.4 Å². The highest BCUT2D eigenvalue weighted by atomic mass is 32.1. The van der Waals surface area contributed by atoms with Gasteiger partial charge in [0.2, 0.25) is 17.7 Å². The monoisotopic (exact) mass is 586 g/mol. The highest BCUT2D eigenvalue weighted by molar-refractivity contribution is 7.81. The largest absolute Gasteiger partial charge is 0.480 e. The topological polar surface area (TPSA) is 165 Å². The lowest BCUT2D eigenvalue weighted by Crippen LogP contribution is -2.55.